The summed E-state index contributed by atoms with van der Waals surface area (Å²) in [6, 6.07) is 13.6. The molecule has 2 rings (SSSR count). The standard InChI is InChI=1S/C17H16BrFN2O2S/c18-12-5-1-3-7-14(12)21-17(23)11-20-16(22)9-10-24-15-8-4-2-6-13(15)19/h1-8H,9-11H2,(H,20,22)(H,21,23). The number of rotatable bonds is 7. The third kappa shape index (κ3) is 5.98. The van der Waals surface area contributed by atoms with Gasteiger partial charge in [0, 0.05) is 21.5 Å². The van der Waals surface area contributed by atoms with Crippen LogP contribution in [0, 0.1) is 5.82 Å². The Labute approximate surface area is 152 Å². The van der Waals surface area contributed by atoms with Crippen molar-refractivity contribution in [2.24, 2.45) is 0 Å². The maximum atomic E-state index is 13.4. The van der Waals surface area contributed by atoms with Crippen molar-refractivity contribution in [2.45, 2.75) is 11.3 Å². The van der Waals surface area contributed by atoms with Gasteiger partial charge in [-0.15, -0.1) is 11.8 Å². The zero-order valence-electron chi connectivity index (χ0n) is 12.7. The topological polar surface area (TPSA) is 58.2 Å². The van der Waals surface area contributed by atoms with E-state index < -0.39 is 0 Å². The van der Waals surface area contributed by atoms with Crippen LogP contribution in [0.25, 0.3) is 0 Å². The van der Waals surface area contributed by atoms with Crippen LogP contribution in [0.1, 0.15) is 6.42 Å². The molecule has 0 radical (unpaired) electrons. The molecule has 0 aliphatic heterocycles. The summed E-state index contributed by atoms with van der Waals surface area (Å²) in [5, 5.41) is 5.25. The second-order valence-electron chi connectivity index (χ2n) is 4.83. The minimum Gasteiger partial charge on any atom is -0.347 e. The Bertz CT molecular complexity index is 727. The van der Waals surface area contributed by atoms with Crippen LogP contribution in [0.2, 0.25) is 0 Å². The maximum absolute atomic E-state index is 13.4. The minimum atomic E-state index is -0.308. The number of amides is 2. The number of benzene rings is 2. The van der Waals surface area contributed by atoms with Gasteiger partial charge in [-0.2, -0.15) is 0 Å². The van der Waals surface area contributed by atoms with Gasteiger partial charge in [0.05, 0.1) is 12.2 Å². The first-order valence-electron chi connectivity index (χ1n) is 7.24. The summed E-state index contributed by atoms with van der Waals surface area (Å²) in [4.78, 5) is 24.1. The van der Waals surface area contributed by atoms with Gasteiger partial charge in [-0.25, -0.2) is 4.39 Å². The maximum Gasteiger partial charge on any atom is 0.243 e. The molecule has 2 aromatic carbocycles. The summed E-state index contributed by atoms with van der Waals surface area (Å²) < 4.78 is 14.2. The third-order valence-electron chi connectivity index (χ3n) is 3.02. The number of halogens is 2. The highest BCUT2D eigenvalue weighted by atomic mass is 79.9. The molecule has 0 aromatic heterocycles. The van der Waals surface area contributed by atoms with Gasteiger partial charge in [-0.3, -0.25) is 9.59 Å². The summed E-state index contributed by atoms with van der Waals surface area (Å²) in [6.45, 7) is -0.107. The first-order valence-corrected chi connectivity index (χ1v) is 9.02. The minimum absolute atomic E-state index is 0.107. The summed E-state index contributed by atoms with van der Waals surface area (Å²) in [5.74, 6) is -0.410. The zero-order valence-corrected chi connectivity index (χ0v) is 15.1. The zero-order chi connectivity index (χ0) is 17.4. The van der Waals surface area contributed by atoms with Crippen molar-refractivity contribution in [1.29, 1.82) is 0 Å². The van der Waals surface area contributed by atoms with E-state index in [-0.39, 0.29) is 30.6 Å². The highest BCUT2D eigenvalue weighted by Crippen LogP contribution is 2.22. The van der Waals surface area contributed by atoms with Gasteiger partial charge in [0.15, 0.2) is 0 Å². The predicted molar refractivity (Wildman–Crippen MR) is 97.5 cm³/mol. The van der Waals surface area contributed by atoms with Gasteiger partial charge in [-0.05, 0) is 40.2 Å². The lowest BCUT2D eigenvalue weighted by atomic mass is 10.3. The number of nitrogens with one attached hydrogen (secondary N) is 2. The molecule has 0 spiro atoms. The van der Waals surface area contributed by atoms with Gasteiger partial charge in [-0.1, -0.05) is 24.3 Å². The van der Waals surface area contributed by atoms with Crippen LogP contribution < -0.4 is 10.6 Å². The van der Waals surface area contributed by atoms with Crippen molar-refractivity contribution in [1.82, 2.24) is 5.32 Å². The van der Waals surface area contributed by atoms with Crippen molar-refractivity contribution in [3.8, 4) is 0 Å². The van der Waals surface area contributed by atoms with Gasteiger partial charge in [0.25, 0.3) is 0 Å². The Balaban J connectivity index is 1.68. The molecule has 0 fully saturated rings. The van der Waals surface area contributed by atoms with Crippen molar-refractivity contribution in [2.75, 3.05) is 17.6 Å². The molecule has 2 aromatic rings. The molecule has 0 saturated heterocycles. The van der Waals surface area contributed by atoms with E-state index in [1.807, 2.05) is 12.1 Å². The number of para-hydroxylation sites is 1. The van der Waals surface area contributed by atoms with Crippen molar-refractivity contribution in [3.05, 3.63) is 58.8 Å². The molecule has 2 amide bonds. The van der Waals surface area contributed by atoms with Crippen LogP contribution in [0.15, 0.2) is 57.9 Å². The van der Waals surface area contributed by atoms with Crippen LogP contribution in [0.4, 0.5) is 10.1 Å². The van der Waals surface area contributed by atoms with Crippen LogP contribution in [0.3, 0.4) is 0 Å². The molecular formula is C17H16BrFN2O2S. The lowest BCUT2D eigenvalue weighted by molar-refractivity contribution is -0.123. The fourth-order valence-corrected chi connectivity index (χ4v) is 3.11. The van der Waals surface area contributed by atoms with Gasteiger partial charge >= 0.3 is 0 Å². The van der Waals surface area contributed by atoms with Crippen LogP contribution in [0.5, 0.6) is 0 Å². The van der Waals surface area contributed by atoms with E-state index in [1.165, 1.54) is 17.8 Å². The number of thioether (sulfide) groups is 1. The Hall–Kier alpha value is -1.86. The first kappa shape index (κ1) is 18.5. The van der Waals surface area contributed by atoms with E-state index in [1.54, 1.807) is 30.3 Å². The summed E-state index contributed by atoms with van der Waals surface area (Å²) >= 11 is 4.60. The Kier molecular flexibility index (Phi) is 7.27. The molecule has 0 bridgehead atoms. The second-order valence-corrected chi connectivity index (χ2v) is 6.82. The van der Waals surface area contributed by atoms with E-state index in [4.69, 9.17) is 0 Å². The van der Waals surface area contributed by atoms with Crippen molar-refractivity contribution in [3.63, 3.8) is 0 Å². The first-order chi connectivity index (χ1) is 11.6. The number of anilines is 1. The third-order valence-corrected chi connectivity index (χ3v) is 4.76. The molecule has 0 aliphatic carbocycles. The fourth-order valence-electron chi connectivity index (χ4n) is 1.84. The second kappa shape index (κ2) is 9.44. The average molecular weight is 411 g/mol. The highest BCUT2D eigenvalue weighted by Gasteiger charge is 2.08. The molecule has 126 valence electrons. The SMILES string of the molecule is O=C(CCSc1ccccc1F)NCC(=O)Nc1ccccc1Br. The lowest BCUT2D eigenvalue weighted by Crippen LogP contribution is -2.33. The van der Waals surface area contributed by atoms with Gasteiger partial charge in [0.2, 0.25) is 11.8 Å². The molecule has 0 atom stereocenters. The van der Waals surface area contributed by atoms with Crippen molar-refractivity contribution >= 4 is 45.2 Å². The number of carbonyl (C=O) groups is 2. The Morgan fingerprint density at radius 3 is 2.50 bits per heavy atom. The van der Waals surface area contributed by atoms with Crippen LogP contribution >= 0.6 is 27.7 Å². The summed E-state index contributed by atoms with van der Waals surface area (Å²) in [5.41, 5.74) is 0.645. The molecule has 0 saturated carbocycles. The quantitative estimate of drug-likeness (QED) is 0.681. The average Bonchev–Trinajstić information content (AvgIpc) is 2.57. The smallest absolute Gasteiger partial charge is 0.243 e. The van der Waals surface area contributed by atoms with Gasteiger partial charge < -0.3 is 10.6 Å². The normalized spacial score (nSPS) is 10.2. The molecule has 0 aliphatic rings. The van der Waals surface area contributed by atoms with E-state index in [2.05, 4.69) is 26.6 Å². The number of hydrogen-bond donors (Lipinski definition) is 2. The summed E-state index contributed by atoms with van der Waals surface area (Å²) in [6.07, 6.45) is 0.210. The molecular weight excluding hydrogens is 395 g/mol. The Morgan fingerprint density at radius 1 is 1.04 bits per heavy atom. The van der Waals surface area contributed by atoms with E-state index in [9.17, 15) is 14.0 Å². The molecule has 4 nitrogen and oxygen atoms in total. The van der Waals surface area contributed by atoms with Crippen LogP contribution in [-0.4, -0.2) is 24.1 Å². The molecule has 0 heterocycles. The number of carbonyl (C=O) groups excluding carboxylic acids is 2. The molecule has 2 N–H and O–H groups in total. The lowest BCUT2D eigenvalue weighted by Gasteiger charge is -2.08. The number of hydrogen-bond acceptors (Lipinski definition) is 3. The van der Waals surface area contributed by atoms with Crippen molar-refractivity contribution < 1.29 is 14.0 Å². The largest absolute Gasteiger partial charge is 0.347 e. The molecule has 24 heavy (non-hydrogen) atoms. The predicted octanol–water partition coefficient (Wildman–Crippen LogP) is 3.83. The van der Waals surface area contributed by atoms with E-state index >= 15 is 0 Å². The summed E-state index contributed by atoms with van der Waals surface area (Å²) in [7, 11) is 0. The molecule has 7 heteroatoms. The highest BCUT2D eigenvalue weighted by molar-refractivity contribution is 9.10. The fraction of sp³-hybridized carbons (Fsp3) is 0.176. The monoisotopic (exact) mass is 410 g/mol. The van der Waals surface area contributed by atoms with E-state index in [0.717, 1.165) is 4.47 Å². The Morgan fingerprint density at radius 2 is 1.75 bits per heavy atom. The van der Waals surface area contributed by atoms with Crippen LogP contribution in [-0.2, 0) is 9.59 Å². The van der Waals surface area contributed by atoms with E-state index in [0.29, 0.717) is 16.3 Å². The molecule has 0 unspecified atom stereocenters. The van der Waals surface area contributed by atoms with Gasteiger partial charge in [0.1, 0.15) is 5.82 Å².